The van der Waals surface area contributed by atoms with E-state index >= 15 is 0 Å². The molecule has 0 aliphatic carbocycles. The number of aromatic carboxylic acids is 1. The number of benzene rings is 4. The molecule has 0 spiro atoms. The number of hydrogen-bond acceptors (Lipinski definition) is 13. The lowest BCUT2D eigenvalue weighted by atomic mass is 10.1. The second-order valence-electron chi connectivity index (χ2n) is 22.2. The smallest absolute Gasteiger partial charge is 0.410 e. The number of carbonyl (C=O) groups is 6. The minimum Gasteiger partial charge on any atom is -0.478 e. The van der Waals surface area contributed by atoms with Gasteiger partial charge in [-0.05, 0) is 114 Å². The third kappa shape index (κ3) is 16.0. The molecule has 4 aliphatic heterocycles. The van der Waals surface area contributed by atoms with Crippen LogP contribution in [0.15, 0.2) is 97.3 Å². The van der Waals surface area contributed by atoms with Crippen molar-refractivity contribution < 1.29 is 62.5 Å². The molecule has 81 heavy (non-hydrogen) atoms. The van der Waals surface area contributed by atoms with Crippen LogP contribution in [0.4, 0.5) is 9.59 Å². The van der Waals surface area contributed by atoms with E-state index in [9.17, 15) is 28.8 Å². The Morgan fingerprint density at radius 2 is 1.02 bits per heavy atom. The van der Waals surface area contributed by atoms with E-state index in [1.165, 1.54) is 18.6 Å². The predicted octanol–water partition coefficient (Wildman–Crippen LogP) is 8.93. The van der Waals surface area contributed by atoms with Crippen molar-refractivity contribution in [1.82, 2.24) is 35.0 Å². The number of aromatic nitrogens is 2. The van der Waals surface area contributed by atoms with Crippen molar-refractivity contribution in [2.75, 3.05) is 26.3 Å². The highest BCUT2D eigenvalue weighted by molar-refractivity contribution is 6.08. The van der Waals surface area contributed by atoms with Gasteiger partial charge in [-0.3, -0.25) is 19.2 Å². The zero-order valence-corrected chi connectivity index (χ0v) is 46.9. The number of nitrogens with one attached hydrogen (secondary N) is 3. The lowest BCUT2D eigenvalue weighted by molar-refractivity contribution is -0.186. The summed E-state index contributed by atoms with van der Waals surface area (Å²) in [5, 5.41) is 16.6. The normalized spacial score (nSPS) is 17.0. The summed E-state index contributed by atoms with van der Waals surface area (Å²) in [5.74, 6) is 3.15. The number of carboxylic acids is 1. The van der Waals surface area contributed by atoms with Gasteiger partial charge in [-0.2, -0.15) is 0 Å². The summed E-state index contributed by atoms with van der Waals surface area (Å²) < 4.78 is 25.7. The van der Waals surface area contributed by atoms with Gasteiger partial charge in [-0.1, -0.05) is 60.7 Å². The molecule has 2 unspecified atom stereocenters. The number of ether oxygens (including phenoxy) is 4. The third-order valence-corrected chi connectivity index (χ3v) is 13.7. The monoisotopic (exact) mass is 1110 g/mol. The maximum absolute atomic E-state index is 13.2. The Bertz CT molecular complexity index is 3180. The van der Waals surface area contributed by atoms with Crippen LogP contribution in [0, 0.1) is 0 Å². The predicted molar refractivity (Wildman–Crippen MR) is 300 cm³/mol. The fourth-order valence-electron chi connectivity index (χ4n) is 9.73. The minimum atomic E-state index is -0.985. The van der Waals surface area contributed by atoms with Crippen LogP contribution >= 0.6 is 0 Å². The van der Waals surface area contributed by atoms with Gasteiger partial charge in [0.25, 0.3) is 17.7 Å². The van der Waals surface area contributed by atoms with E-state index in [2.05, 4.69) is 21.0 Å². The lowest BCUT2D eigenvalue weighted by Crippen LogP contribution is -2.37. The van der Waals surface area contributed by atoms with E-state index in [0.717, 1.165) is 82.8 Å². The topological polar surface area (TPSA) is 256 Å². The summed E-state index contributed by atoms with van der Waals surface area (Å²) >= 11 is 0. The highest BCUT2D eigenvalue weighted by Gasteiger charge is 2.29. The zero-order chi connectivity index (χ0) is 57.8. The highest BCUT2D eigenvalue weighted by Crippen LogP contribution is 2.31. The van der Waals surface area contributed by atoms with Gasteiger partial charge in [0.1, 0.15) is 11.2 Å². The van der Waals surface area contributed by atoms with E-state index in [4.69, 9.17) is 34.8 Å². The van der Waals surface area contributed by atoms with Crippen molar-refractivity contribution >= 4 is 57.7 Å². The lowest BCUT2D eigenvalue weighted by Gasteiger charge is -2.26. The molecule has 2 fully saturated rings. The fourth-order valence-corrected chi connectivity index (χ4v) is 9.73. The Morgan fingerprint density at radius 1 is 0.580 bits per heavy atom. The minimum absolute atomic E-state index is 0.135. The molecular weight excluding hydrogens is 1040 g/mol. The fraction of sp³-hybridized carbons (Fsp3) is 0.433. The van der Waals surface area contributed by atoms with Gasteiger partial charge in [0, 0.05) is 94.1 Å². The maximum Gasteiger partial charge on any atom is 0.410 e. The molecular formula is C60H74N8O13. The molecule has 4 aliphatic rings. The molecule has 21 nitrogen and oxygen atoms in total. The molecule has 432 valence electrons. The van der Waals surface area contributed by atoms with Crippen molar-refractivity contribution in [3.05, 3.63) is 142 Å². The molecule has 0 radical (unpaired) electrons. The van der Waals surface area contributed by atoms with Crippen molar-refractivity contribution in [2.24, 2.45) is 5.90 Å². The number of hydroxylamine groups is 1. The Hall–Kier alpha value is -7.82. The largest absolute Gasteiger partial charge is 0.478 e. The van der Waals surface area contributed by atoms with Crippen LogP contribution in [0.2, 0.25) is 0 Å². The zero-order valence-electron chi connectivity index (χ0n) is 46.9. The number of nitrogens with two attached hydrogens (primary N) is 1. The Kier molecular flexibility index (Phi) is 19.5. The summed E-state index contributed by atoms with van der Waals surface area (Å²) in [4.78, 5) is 88.1. The highest BCUT2D eigenvalue weighted by atomic mass is 16.8. The Labute approximate surface area is 470 Å². The van der Waals surface area contributed by atoms with Gasteiger partial charge in [0.05, 0.1) is 40.8 Å². The summed E-state index contributed by atoms with van der Waals surface area (Å²) in [5.41, 5.74) is 8.62. The van der Waals surface area contributed by atoms with E-state index < -0.39 is 23.5 Å². The van der Waals surface area contributed by atoms with Gasteiger partial charge in [-0.15, -0.1) is 0 Å². The van der Waals surface area contributed by atoms with Crippen molar-refractivity contribution in [3.63, 3.8) is 0 Å². The molecule has 6 heterocycles. The SMILES string of the molecule is CC(C)(C)OC(=O)N1CCn2cc(C(=O)NCc3ccc(C(=O)NOC4CCCCO4)cc3)c3cccc(c32)C1.CC(C)(C)OC(=O)N1CCn2cc(C(=O)NCc3ccc(C(=O)O)cc3)c3cccc(c32)C1.NOC1CCCCO1. The first-order chi connectivity index (χ1) is 38.7. The van der Waals surface area contributed by atoms with Crippen LogP contribution in [-0.4, -0.2) is 110 Å². The standard InChI is InChI=1S/C30H36N4O6.C25H27N3O5.C5H11NO2/c1-30(2,3)39-29(37)34-15-14-33-19-24(23-8-6-7-22(18-34)26(23)33)28(36)31-17-20-10-12-21(13-11-20)27(35)32-40-25-9-4-5-16-38-25;1-25(2,3)33-24(32)28-12-11-27-15-20(19-6-4-5-18(14-28)21(19)27)22(29)26-13-16-7-9-17(10-8-16)23(30)31;6-8-5-3-1-2-4-7-5/h6-8,10-13,19,25H,4-5,9,14-18H2,1-3H3,(H,31,36)(H,32,35);4-10,15H,11-14H2,1-3H3,(H,26,29)(H,30,31);5H,1-4,6H2. The van der Waals surface area contributed by atoms with Gasteiger partial charge in [0.15, 0.2) is 12.6 Å². The van der Waals surface area contributed by atoms with Crippen LogP contribution in [0.5, 0.6) is 0 Å². The first kappa shape index (κ1) is 59.3. The van der Waals surface area contributed by atoms with E-state index in [-0.39, 0.29) is 48.3 Å². The first-order valence-electron chi connectivity index (χ1n) is 27.4. The molecule has 6 N–H and O–H groups in total. The van der Waals surface area contributed by atoms with Crippen LogP contribution < -0.4 is 22.0 Å². The van der Waals surface area contributed by atoms with E-state index in [0.29, 0.717) is 69.1 Å². The number of rotatable bonds is 11. The second kappa shape index (κ2) is 26.6. The summed E-state index contributed by atoms with van der Waals surface area (Å²) in [6.07, 6.45) is 8.46. The summed E-state index contributed by atoms with van der Waals surface area (Å²) in [6, 6.07) is 25.0. The van der Waals surface area contributed by atoms with Gasteiger partial charge < -0.3 is 53.6 Å². The quantitative estimate of drug-likeness (QED) is 0.0760. The number of amides is 5. The van der Waals surface area contributed by atoms with Crippen molar-refractivity contribution in [3.8, 4) is 0 Å². The van der Waals surface area contributed by atoms with E-state index in [1.807, 2.05) is 99.5 Å². The molecule has 2 saturated heterocycles. The molecule has 4 aromatic carbocycles. The molecule has 0 saturated carbocycles. The average Bonchev–Trinajstić information content (AvgIpc) is 4.15. The number of hydrogen-bond donors (Lipinski definition) is 5. The summed E-state index contributed by atoms with van der Waals surface area (Å²) in [7, 11) is 0. The van der Waals surface area contributed by atoms with Crippen molar-refractivity contribution in [2.45, 2.75) is 143 Å². The molecule has 5 amide bonds. The molecule has 21 heteroatoms. The average molecular weight is 1120 g/mol. The molecule has 0 bridgehead atoms. The van der Waals surface area contributed by atoms with Crippen LogP contribution in [0.1, 0.15) is 144 Å². The number of para-hydroxylation sites is 2. The Morgan fingerprint density at radius 3 is 1.42 bits per heavy atom. The maximum atomic E-state index is 13.2. The van der Waals surface area contributed by atoms with Crippen LogP contribution in [-0.2, 0) is 67.9 Å². The first-order valence-corrected chi connectivity index (χ1v) is 27.4. The van der Waals surface area contributed by atoms with Gasteiger partial charge in [-0.25, -0.2) is 30.6 Å². The second-order valence-corrected chi connectivity index (χ2v) is 22.2. The number of carbonyl (C=O) groups excluding carboxylic acids is 5. The molecule has 2 aromatic heterocycles. The van der Waals surface area contributed by atoms with E-state index in [1.54, 1.807) is 46.2 Å². The van der Waals surface area contributed by atoms with Crippen LogP contribution in [0.25, 0.3) is 21.8 Å². The molecule has 2 atom stereocenters. The van der Waals surface area contributed by atoms with Crippen LogP contribution in [0.3, 0.4) is 0 Å². The third-order valence-electron chi connectivity index (χ3n) is 13.7. The number of nitrogens with zero attached hydrogens (tertiary/aromatic N) is 4. The molecule has 10 rings (SSSR count). The van der Waals surface area contributed by atoms with Gasteiger partial charge in [0.2, 0.25) is 0 Å². The van der Waals surface area contributed by atoms with Crippen molar-refractivity contribution in [1.29, 1.82) is 0 Å². The Balaban J connectivity index is 0.000000189. The van der Waals surface area contributed by atoms with Gasteiger partial charge >= 0.3 is 18.2 Å². The summed E-state index contributed by atoms with van der Waals surface area (Å²) in [6.45, 7) is 16.0. The molecule has 6 aromatic rings. The number of carboxylic acid groups (broad SMARTS) is 1.